The van der Waals surface area contributed by atoms with Crippen LogP contribution in [0.2, 0.25) is 0 Å². The van der Waals surface area contributed by atoms with Gasteiger partial charge in [0.25, 0.3) is 0 Å². The van der Waals surface area contributed by atoms with E-state index in [1.807, 2.05) is 0 Å². The number of carbonyl (C=O) groups is 5. The summed E-state index contributed by atoms with van der Waals surface area (Å²) in [5.74, 6) is -3.67. The van der Waals surface area contributed by atoms with Gasteiger partial charge in [-0.25, -0.2) is 9.59 Å². The van der Waals surface area contributed by atoms with E-state index < -0.39 is 60.9 Å². The van der Waals surface area contributed by atoms with Crippen LogP contribution >= 0.6 is 0 Å². The minimum Gasteiger partial charge on any atom is -0.480 e. The number of nitrogen functional groups attached to an aromatic ring is 1. The Morgan fingerprint density at radius 3 is 1.96 bits per heavy atom. The van der Waals surface area contributed by atoms with E-state index in [4.69, 9.17) is 21.1 Å². The molecule has 0 aliphatic heterocycles. The predicted octanol–water partition coefficient (Wildman–Crippen LogP) is 0.771. The fraction of sp³-hybridized carbons (Fsp3) is 0.188. The maximum absolute atomic E-state index is 11.9. The second-order valence-electron chi connectivity index (χ2n) is 5.40. The van der Waals surface area contributed by atoms with Gasteiger partial charge < -0.3 is 26.2 Å². The summed E-state index contributed by atoms with van der Waals surface area (Å²) in [4.78, 5) is 57.5. The van der Waals surface area contributed by atoms with Crippen molar-refractivity contribution in [3.63, 3.8) is 0 Å². The Hall–Kier alpha value is -4.09. The molecule has 150 valence electrons. The third-order valence-electron chi connectivity index (χ3n) is 3.50. The second kappa shape index (κ2) is 9.02. The van der Waals surface area contributed by atoms with Gasteiger partial charge in [-0.3, -0.25) is 24.2 Å². The molecule has 0 aromatic heterocycles. The normalized spacial score (nSPS) is 10.0. The first-order valence-corrected chi connectivity index (χ1v) is 7.49. The van der Waals surface area contributed by atoms with Gasteiger partial charge in [0.15, 0.2) is 5.78 Å². The summed E-state index contributed by atoms with van der Waals surface area (Å²) in [6, 6.07) is 2.35. The Balaban J connectivity index is 3.64. The van der Waals surface area contributed by atoms with Crippen LogP contribution < -0.4 is 10.6 Å². The standard InChI is InChI=1S/C16H17N3O9/c1-2-10(20)9-4-3-8(5-18(15(25)26)6-11(21)22)14(13(9)17)19(16(27)28)7-12(23)24/h2-4H,1,5-7,17H2,(H,21,22)(H,23,24)(H,25,26)(H,27,28). The Bertz CT molecular complexity index is 850. The van der Waals surface area contributed by atoms with Gasteiger partial charge in [0.2, 0.25) is 0 Å². The average molecular weight is 395 g/mol. The van der Waals surface area contributed by atoms with Crippen molar-refractivity contribution in [1.82, 2.24) is 4.90 Å². The largest absolute Gasteiger partial charge is 0.480 e. The highest BCUT2D eigenvalue weighted by molar-refractivity contribution is 6.11. The first-order chi connectivity index (χ1) is 13.0. The molecule has 0 saturated carbocycles. The first kappa shape index (κ1) is 22.0. The monoisotopic (exact) mass is 395 g/mol. The number of nitrogens with zero attached hydrogens (tertiary/aromatic N) is 2. The Morgan fingerprint density at radius 1 is 0.964 bits per heavy atom. The van der Waals surface area contributed by atoms with Crippen molar-refractivity contribution in [2.24, 2.45) is 0 Å². The average Bonchev–Trinajstić information content (AvgIpc) is 2.58. The van der Waals surface area contributed by atoms with Crippen LogP contribution in [-0.4, -0.2) is 68.3 Å². The molecule has 1 aromatic rings. The van der Waals surface area contributed by atoms with Crippen LogP contribution in [0.15, 0.2) is 24.8 Å². The lowest BCUT2D eigenvalue weighted by atomic mass is 10.0. The quantitative estimate of drug-likeness (QED) is 0.226. The summed E-state index contributed by atoms with van der Waals surface area (Å²) < 4.78 is 0. The van der Waals surface area contributed by atoms with Gasteiger partial charge in [0, 0.05) is 5.56 Å². The van der Waals surface area contributed by atoms with Gasteiger partial charge in [0.1, 0.15) is 13.1 Å². The van der Waals surface area contributed by atoms with Crippen LogP contribution in [0, 0.1) is 0 Å². The maximum Gasteiger partial charge on any atom is 0.412 e. The van der Waals surface area contributed by atoms with Gasteiger partial charge in [-0.1, -0.05) is 12.6 Å². The molecule has 12 heteroatoms. The molecule has 0 radical (unpaired) electrons. The van der Waals surface area contributed by atoms with Gasteiger partial charge in [-0.2, -0.15) is 0 Å². The number of carboxylic acids is 2. The number of amides is 2. The van der Waals surface area contributed by atoms with Gasteiger partial charge >= 0.3 is 24.1 Å². The molecule has 12 nitrogen and oxygen atoms in total. The number of ketones is 1. The van der Waals surface area contributed by atoms with Crippen LogP contribution in [0.25, 0.3) is 0 Å². The molecule has 6 N–H and O–H groups in total. The topological polar surface area (TPSA) is 199 Å². The molecule has 0 bridgehead atoms. The van der Waals surface area contributed by atoms with Crippen LogP contribution in [0.3, 0.4) is 0 Å². The number of hydrogen-bond donors (Lipinski definition) is 5. The third-order valence-corrected chi connectivity index (χ3v) is 3.50. The molecule has 0 aliphatic carbocycles. The first-order valence-electron chi connectivity index (χ1n) is 7.49. The predicted molar refractivity (Wildman–Crippen MR) is 94.5 cm³/mol. The molecule has 0 saturated heterocycles. The lowest BCUT2D eigenvalue weighted by Crippen LogP contribution is -2.38. The highest BCUT2D eigenvalue weighted by atomic mass is 16.4. The van der Waals surface area contributed by atoms with Gasteiger partial charge in [-0.05, 0) is 17.7 Å². The minimum atomic E-state index is -1.72. The van der Waals surface area contributed by atoms with E-state index in [0.717, 1.165) is 12.1 Å². The van der Waals surface area contributed by atoms with Gasteiger partial charge in [0.05, 0.1) is 17.9 Å². The van der Waals surface area contributed by atoms with Crippen molar-refractivity contribution < 1.29 is 44.4 Å². The van der Waals surface area contributed by atoms with Gasteiger partial charge in [-0.15, -0.1) is 0 Å². The van der Waals surface area contributed by atoms with Crippen molar-refractivity contribution in [3.8, 4) is 0 Å². The van der Waals surface area contributed by atoms with Crippen molar-refractivity contribution in [2.75, 3.05) is 23.7 Å². The molecule has 0 unspecified atom stereocenters. The molecular formula is C16H17N3O9. The summed E-state index contributed by atoms with van der Waals surface area (Å²) in [7, 11) is 0. The molecule has 0 aliphatic rings. The second-order valence-corrected chi connectivity index (χ2v) is 5.40. The van der Waals surface area contributed by atoms with Crippen molar-refractivity contribution >= 4 is 41.3 Å². The third kappa shape index (κ3) is 5.20. The van der Waals surface area contributed by atoms with Crippen LogP contribution in [-0.2, 0) is 16.1 Å². The number of rotatable bonds is 9. The Kier molecular flexibility index (Phi) is 7.07. The molecule has 1 rings (SSSR count). The van der Waals surface area contributed by atoms with E-state index in [0.29, 0.717) is 9.80 Å². The number of anilines is 2. The number of hydrogen-bond acceptors (Lipinski definition) is 6. The summed E-state index contributed by atoms with van der Waals surface area (Å²) in [5.41, 5.74) is 4.76. The fourth-order valence-electron chi connectivity index (χ4n) is 2.36. The lowest BCUT2D eigenvalue weighted by Gasteiger charge is -2.26. The van der Waals surface area contributed by atoms with E-state index in [1.165, 1.54) is 6.07 Å². The lowest BCUT2D eigenvalue weighted by molar-refractivity contribution is -0.138. The van der Waals surface area contributed by atoms with E-state index in [-0.39, 0.29) is 11.1 Å². The zero-order valence-corrected chi connectivity index (χ0v) is 14.4. The number of nitrogens with two attached hydrogens (primary N) is 1. The molecule has 0 atom stereocenters. The highest BCUT2D eigenvalue weighted by Gasteiger charge is 2.28. The molecular weight excluding hydrogens is 378 g/mol. The number of aliphatic carboxylic acids is 2. The van der Waals surface area contributed by atoms with Crippen LogP contribution in [0.4, 0.5) is 21.0 Å². The summed E-state index contributed by atoms with van der Waals surface area (Å²) in [6.07, 6.45) is -2.43. The minimum absolute atomic E-state index is 0.106. The zero-order chi connectivity index (χ0) is 21.6. The SMILES string of the molecule is C=CC(=O)c1ccc(CN(CC(=O)O)C(=O)O)c(N(CC(=O)O)C(=O)O)c1N. The van der Waals surface area contributed by atoms with Crippen molar-refractivity contribution in [3.05, 3.63) is 35.9 Å². The van der Waals surface area contributed by atoms with Crippen molar-refractivity contribution in [2.45, 2.75) is 6.54 Å². The summed E-state index contributed by atoms with van der Waals surface area (Å²) in [5, 5.41) is 36.3. The maximum atomic E-state index is 11.9. The van der Waals surface area contributed by atoms with E-state index in [2.05, 4.69) is 6.58 Å². The number of carbonyl (C=O) groups excluding carboxylic acids is 1. The van der Waals surface area contributed by atoms with Crippen LogP contribution in [0.1, 0.15) is 15.9 Å². The molecule has 0 heterocycles. The fourth-order valence-corrected chi connectivity index (χ4v) is 2.36. The number of benzene rings is 1. The Morgan fingerprint density at radius 2 is 1.54 bits per heavy atom. The van der Waals surface area contributed by atoms with E-state index >= 15 is 0 Å². The smallest absolute Gasteiger partial charge is 0.412 e. The highest BCUT2D eigenvalue weighted by Crippen LogP contribution is 2.33. The van der Waals surface area contributed by atoms with E-state index in [9.17, 15) is 29.1 Å². The van der Waals surface area contributed by atoms with Crippen LogP contribution in [0.5, 0.6) is 0 Å². The zero-order valence-electron chi connectivity index (χ0n) is 14.4. The number of allylic oxidation sites excluding steroid dienone is 1. The molecule has 2 amide bonds. The molecule has 0 spiro atoms. The molecule has 0 fully saturated rings. The Labute approximate surface area is 157 Å². The number of carboxylic acid groups (broad SMARTS) is 4. The summed E-state index contributed by atoms with van der Waals surface area (Å²) >= 11 is 0. The van der Waals surface area contributed by atoms with Crippen molar-refractivity contribution in [1.29, 1.82) is 0 Å². The van der Waals surface area contributed by atoms with E-state index in [1.54, 1.807) is 0 Å². The molecule has 28 heavy (non-hydrogen) atoms. The molecule has 1 aromatic carbocycles. The summed E-state index contributed by atoms with van der Waals surface area (Å²) in [6.45, 7) is 0.691.